The number of aliphatic carboxylic acids is 2. The van der Waals surface area contributed by atoms with Crippen molar-refractivity contribution in [1.82, 2.24) is 9.80 Å². The van der Waals surface area contributed by atoms with Crippen molar-refractivity contribution in [2.75, 3.05) is 26.2 Å². The monoisotopic (exact) mass is 716 g/mol. The van der Waals surface area contributed by atoms with Gasteiger partial charge in [-0.1, -0.05) is 83.9 Å². The van der Waals surface area contributed by atoms with Crippen molar-refractivity contribution < 1.29 is 30.0 Å². The standard InChI is InChI=1S/C40H42Cl2N2O6/c1-23-13-27-19-43(21-29(45)17-37(47)48)11-9-25(27)15-35(23)33-7-3-5-31(39(33)41)32-6-4-8-34(40(32)42)36-16-26-10-12-44(20-28(26)14-24(36)2)22-30(46)18-38(49)50/h3-8,13-16,29-30,45-46H,9-12,17-22H2,1-2H3,(H,47,48)(H,49,50). The summed E-state index contributed by atoms with van der Waals surface area (Å²) in [6, 6.07) is 20.9. The third kappa shape index (κ3) is 7.91. The third-order valence-electron chi connectivity index (χ3n) is 9.90. The number of rotatable bonds is 11. The Morgan fingerprint density at radius 2 is 0.980 bits per heavy atom. The minimum absolute atomic E-state index is 0.264. The second-order valence-electron chi connectivity index (χ2n) is 13.7. The molecule has 0 spiro atoms. The number of carboxylic acid groups (broad SMARTS) is 2. The fourth-order valence-electron chi connectivity index (χ4n) is 7.50. The molecule has 8 nitrogen and oxygen atoms in total. The van der Waals surface area contributed by atoms with Crippen LogP contribution in [0.1, 0.15) is 46.2 Å². The van der Waals surface area contributed by atoms with Crippen LogP contribution in [0, 0.1) is 13.8 Å². The average Bonchev–Trinajstić information content (AvgIpc) is 3.04. The molecule has 0 amide bonds. The predicted molar refractivity (Wildman–Crippen MR) is 197 cm³/mol. The molecule has 2 unspecified atom stereocenters. The smallest absolute Gasteiger partial charge is 0.306 e. The van der Waals surface area contributed by atoms with Crippen LogP contribution in [0.5, 0.6) is 0 Å². The molecule has 0 radical (unpaired) electrons. The van der Waals surface area contributed by atoms with Gasteiger partial charge in [0.1, 0.15) is 0 Å². The molecule has 0 saturated heterocycles. The van der Waals surface area contributed by atoms with Crippen LogP contribution in [0.15, 0.2) is 60.7 Å². The van der Waals surface area contributed by atoms with E-state index in [0.29, 0.717) is 36.2 Å². The van der Waals surface area contributed by atoms with E-state index in [1.54, 1.807) is 0 Å². The minimum atomic E-state index is -1.00. The molecule has 0 saturated carbocycles. The summed E-state index contributed by atoms with van der Waals surface area (Å²) in [6.07, 6.45) is -0.749. The molecule has 4 N–H and O–H groups in total. The number of benzene rings is 4. The summed E-state index contributed by atoms with van der Waals surface area (Å²) in [5.41, 5.74) is 12.6. The van der Waals surface area contributed by atoms with Gasteiger partial charge in [0.25, 0.3) is 0 Å². The van der Waals surface area contributed by atoms with Gasteiger partial charge in [0, 0.05) is 61.5 Å². The van der Waals surface area contributed by atoms with E-state index in [2.05, 4.69) is 47.9 Å². The first-order valence-electron chi connectivity index (χ1n) is 16.9. The SMILES string of the molecule is Cc1cc2c(cc1-c1cccc(-c3cccc(-c4cc5c(cc4C)CN(CC(O)CC(=O)O)CC5)c3Cl)c1Cl)CCN(CC(O)CC(=O)O)C2. The molecule has 0 bridgehead atoms. The number of halogens is 2. The Labute approximate surface area is 302 Å². The summed E-state index contributed by atoms with van der Waals surface area (Å²) < 4.78 is 0. The first-order chi connectivity index (χ1) is 23.9. The first-order valence-corrected chi connectivity index (χ1v) is 17.7. The molecule has 2 heterocycles. The Morgan fingerprint density at radius 1 is 0.620 bits per heavy atom. The zero-order chi connectivity index (χ0) is 35.7. The lowest BCUT2D eigenvalue weighted by Gasteiger charge is -2.31. The number of aliphatic hydroxyl groups excluding tert-OH is 2. The first kappa shape index (κ1) is 36.0. The highest BCUT2D eigenvalue weighted by atomic mass is 35.5. The van der Waals surface area contributed by atoms with Gasteiger partial charge in [-0.3, -0.25) is 19.4 Å². The van der Waals surface area contributed by atoms with E-state index < -0.39 is 24.1 Å². The molecule has 2 atom stereocenters. The molecule has 0 fully saturated rings. The highest BCUT2D eigenvalue weighted by Gasteiger charge is 2.25. The van der Waals surface area contributed by atoms with Crippen LogP contribution in [0.4, 0.5) is 0 Å². The van der Waals surface area contributed by atoms with Crippen LogP contribution in [0.25, 0.3) is 33.4 Å². The molecule has 50 heavy (non-hydrogen) atoms. The molecular weight excluding hydrogens is 675 g/mol. The van der Waals surface area contributed by atoms with E-state index in [9.17, 15) is 19.8 Å². The maximum absolute atomic E-state index is 11.0. The molecule has 0 aromatic heterocycles. The summed E-state index contributed by atoms with van der Waals surface area (Å²) in [6.45, 7) is 7.56. The number of fused-ring (bicyclic) bond motifs is 2. The fraction of sp³-hybridized carbons (Fsp3) is 0.350. The molecule has 0 aliphatic carbocycles. The summed E-state index contributed by atoms with van der Waals surface area (Å²) in [4.78, 5) is 26.2. The quantitative estimate of drug-likeness (QED) is 0.131. The third-order valence-corrected chi connectivity index (χ3v) is 10.7. The van der Waals surface area contributed by atoms with Crippen LogP contribution >= 0.6 is 23.2 Å². The lowest BCUT2D eigenvalue weighted by molar-refractivity contribution is -0.140. The van der Waals surface area contributed by atoms with Crippen LogP contribution in [0.3, 0.4) is 0 Å². The van der Waals surface area contributed by atoms with Crippen molar-refractivity contribution in [3.8, 4) is 33.4 Å². The molecule has 4 aromatic rings. The van der Waals surface area contributed by atoms with E-state index in [1.807, 2.05) is 36.4 Å². The van der Waals surface area contributed by atoms with Gasteiger partial charge < -0.3 is 20.4 Å². The molecule has 4 aromatic carbocycles. The summed E-state index contributed by atoms with van der Waals surface area (Å²) in [5, 5.41) is 39.6. The van der Waals surface area contributed by atoms with Crippen molar-refractivity contribution in [1.29, 1.82) is 0 Å². The van der Waals surface area contributed by atoms with Crippen LogP contribution in [-0.2, 0) is 35.5 Å². The van der Waals surface area contributed by atoms with Gasteiger partial charge in [0.05, 0.1) is 35.1 Å². The molecule has 2 aliphatic heterocycles. The van der Waals surface area contributed by atoms with E-state index in [-0.39, 0.29) is 12.8 Å². The second-order valence-corrected chi connectivity index (χ2v) is 14.4. The van der Waals surface area contributed by atoms with Crippen molar-refractivity contribution in [2.45, 2.75) is 64.8 Å². The molecule has 262 valence electrons. The van der Waals surface area contributed by atoms with Gasteiger partial charge in [0.15, 0.2) is 0 Å². The normalized spacial score (nSPS) is 16.0. The average molecular weight is 718 g/mol. The fourth-order valence-corrected chi connectivity index (χ4v) is 8.16. The number of carboxylic acids is 2. The van der Waals surface area contributed by atoms with Crippen LogP contribution < -0.4 is 0 Å². The molecule has 6 rings (SSSR count). The highest BCUT2D eigenvalue weighted by molar-refractivity contribution is 6.39. The molecular formula is C40H42Cl2N2O6. The van der Waals surface area contributed by atoms with E-state index >= 15 is 0 Å². The number of carbonyl (C=O) groups is 2. The molecule has 2 aliphatic rings. The number of aliphatic hydroxyl groups is 2. The Bertz CT molecular complexity index is 1810. The van der Waals surface area contributed by atoms with E-state index in [4.69, 9.17) is 33.4 Å². The number of aryl methyl sites for hydroxylation is 2. The summed E-state index contributed by atoms with van der Waals surface area (Å²) in [7, 11) is 0. The Hall–Kier alpha value is -3.76. The summed E-state index contributed by atoms with van der Waals surface area (Å²) in [5.74, 6) is -2.00. The number of nitrogens with zero attached hydrogens (tertiary/aromatic N) is 2. The maximum Gasteiger partial charge on any atom is 0.306 e. The Kier molecular flexibility index (Phi) is 11.0. The number of hydrogen-bond donors (Lipinski definition) is 4. The highest BCUT2D eigenvalue weighted by Crippen LogP contribution is 2.44. The lowest BCUT2D eigenvalue weighted by Crippen LogP contribution is -2.37. The van der Waals surface area contributed by atoms with Crippen molar-refractivity contribution in [3.63, 3.8) is 0 Å². The maximum atomic E-state index is 11.0. The van der Waals surface area contributed by atoms with Gasteiger partial charge >= 0.3 is 11.9 Å². The van der Waals surface area contributed by atoms with Crippen molar-refractivity contribution in [2.24, 2.45) is 0 Å². The van der Waals surface area contributed by atoms with Crippen LogP contribution in [-0.4, -0.2) is 80.6 Å². The second kappa shape index (κ2) is 15.2. The predicted octanol–water partition coefficient (Wildman–Crippen LogP) is 7.00. The number of hydrogen-bond acceptors (Lipinski definition) is 6. The Morgan fingerprint density at radius 3 is 1.34 bits per heavy atom. The summed E-state index contributed by atoms with van der Waals surface area (Å²) >= 11 is 14.5. The zero-order valence-electron chi connectivity index (χ0n) is 28.3. The van der Waals surface area contributed by atoms with E-state index in [1.165, 1.54) is 22.3 Å². The number of β-amino-alcohol motifs (C(OH)–C–C–N with tert-alkyl or cyclic N) is 2. The van der Waals surface area contributed by atoms with Gasteiger partial charge in [-0.25, -0.2) is 0 Å². The minimum Gasteiger partial charge on any atom is -0.481 e. The van der Waals surface area contributed by atoms with Crippen molar-refractivity contribution in [3.05, 3.63) is 104 Å². The van der Waals surface area contributed by atoms with Crippen LogP contribution in [0.2, 0.25) is 10.0 Å². The molecule has 10 heteroatoms. The zero-order valence-corrected chi connectivity index (χ0v) is 29.8. The van der Waals surface area contributed by atoms with Gasteiger partial charge in [-0.2, -0.15) is 0 Å². The lowest BCUT2D eigenvalue weighted by atomic mass is 9.88. The largest absolute Gasteiger partial charge is 0.481 e. The van der Waals surface area contributed by atoms with Gasteiger partial charge in [-0.15, -0.1) is 0 Å². The van der Waals surface area contributed by atoms with E-state index in [0.717, 1.165) is 70.4 Å². The van der Waals surface area contributed by atoms with Crippen molar-refractivity contribution >= 4 is 35.1 Å². The topological polar surface area (TPSA) is 122 Å². The van der Waals surface area contributed by atoms with Gasteiger partial charge in [-0.05, 0) is 71.2 Å². The van der Waals surface area contributed by atoms with Gasteiger partial charge in [0.2, 0.25) is 0 Å². The Balaban J connectivity index is 1.26.